The lowest BCUT2D eigenvalue weighted by Gasteiger charge is -2.32. The molecule has 1 amide bonds. The molecule has 1 N–H and O–H groups in total. The lowest BCUT2D eigenvalue weighted by molar-refractivity contribution is -0.123. The number of aromatic nitrogens is 1. The molecule has 0 aliphatic carbocycles. The van der Waals surface area contributed by atoms with Crippen molar-refractivity contribution in [1.29, 1.82) is 0 Å². The number of piperidine rings is 1. The molecule has 24 heavy (non-hydrogen) atoms. The summed E-state index contributed by atoms with van der Waals surface area (Å²) in [6.45, 7) is 1.86. The summed E-state index contributed by atoms with van der Waals surface area (Å²) in [4.78, 5) is 18.6. The van der Waals surface area contributed by atoms with Crippen molar-refractivity contribution in [3.05, 3.63) is 35.8 Å². The highest BCUT2D eigenvalue weighted by Gasteiger charge is 2.22. The number of methoxy groups -OCH3 is 1. The highest BCUT2D eigenvalue weighted by molar-refractivity contribution is 7.13. The van der Waals surface area contributed by atoms with Crippen LogP contribution in [-0.4, -0.2) is 43.7 Å². The monoisotopic (exact) mass is 347 g/mol. The SMILES string of the molecule is COc1ccc(OCC(=O)NC2CCN(c3nccs3)CC2)cc1. The van der Waals surface area contributed by atoms with Crippen LogP contribution in [0.1, 0.15) is 12.8 Å². The van der Waals surface area contributed by atoms with Gasteiger partial charge in [-0.3, -0.25) is 4.79 Å². The van der Waals surface area contributed by atoms with Crippen molar-refractivity contribution in [1.82, 2.24) is 10.3 Å². The lowest BCUT2D eigenvalue weighted by atomic mass is 10.1. The van der Waals surface area contributed by atoms with Crippen molar-refractivity contribution in [3.8, 4) is 11.5 Å². The van der Waals surface area contributed by atoms with E-state index in [0.29, 0.717) is 5.75 Å². The molecule has 2 aromatic rings. The minimum Gasteiger partial charge on any atom is -0.497 e. The third kappa shape index (κ3) is 4.38. The highest BCUT2D eigenvalue weighted by Crippen LogP contribution is 2.22. The number of nitrogens with one attached hydrogen (secondary N) is 1. The molecule has 3 rings (SSSR count). The normalized spacial score (nSPS) is 15.1. The molecule has 0 atom stereocenters. The van der Waals surface area contributed by atoms with Gasteiger partial charge in [-0.1, -0.05) is 0 Å². The Morgan fingerprint density at radius 1 is 1.29 bits per heavy atom. The third-order valence-electron chi connectivity index (χ3n) is 3.98. The Kier molecular flexibility index (Phi) is 5.53. The second-order valence-corrected chi connectivity index (χ2v) is 6.48. The summed E-state index contributed by atoms with van der Waals surface area (Å²) in [5.41, 5.74) is 0. The predicted octanol–water partition coefficient (Wildman–Crippen LogP) is 2.32. The second kappa shape index (κ2) is 8.01. The standard InChI is InChI=1S/C17H21N3O3S/c1-22-14-2-4-15(5-3-14)23-12-16(21)19-13-6-9-20(10-7-13)17-18-8-11-24-17/h2-5,8,11,13H,6-7,9-10,12H2,1H3,(H,19,21). The van der Waals surface area contributed by atoms with E-state index in [2.05, 4.69) is 15.2 Å². The van der Waals surface area contributed by atoms with Gasteiger partial charge in [-0.2, -0.15) is 0 Å². The molecule has 2 heterocycles. The Bertz CT molecular complexity index is 638. The van der Waals surface area contributed by atoms with Gasteiger partial charge in [0, 0.05) is 30.7 Å². The molecule has 1 fully saturated rings. The average molecular weight is 347 g/mol. The maximum absolute atomic E-state index is 12.0. The molecular weight excluding hydrogens is 326 g/mol. The Morgan fingerprint density at radius 2 is 2.00 bits per heavy atom. The van der Waals surface area contributed by atoms with Gasteiger partial charge in [0.2, 0.25) is 0 Å². The van der Waals surface area contributed by atoms with Crippen molar-refractivity contribution >= 4 is 22.4 Å². The number of carbonyl (C=O) groups is 1. The molecule has 0 unspecified atom stereocenters. The van der Waals surface area contributed by atoms with Crippen molar-refractivity contribution in [3.63, 3.8) is 0 Å². The van der Waals surface area contributed by atoms with Crippen molar-refractivity contribution in [2.45, 2.75) is 18.9 Å². The number of hydrogen-bond donors (Lipinski definition) is 1. The maximum Gasteiger partial charge on any atom is 0.258 e. The van der Waals surface area contributed by atoms with Gasteiger partial charge in [-0.25, -0.2) is 4.98 Å². The molecular formula is C17H21N3O3S. The topological polar surface area (TPSA) is 63.7 Å². The number of hydrogen-bond acceptors (Lipinski definition) is 6. The van der Waals surface area contributed by atoms with E-state index in [1.807, 2.05) is 23.7 Å². The van der Waals surface area contributed by atoms with E-state index < -0.39 is 0 Å². The minimum absolute atomic E-state index is 0.0268. The van der Waals surface area contributed by atoms with Crippen LogP contribution in [0, 0.1) is 0 Å². The summed E-state index contributed by atoms with van der Waals surface area (Å²) < 4.78 is 10.6. The minimum atomic E-state index is -0.0847. The maximum atomic E-state index is 12.0. The first-order chi connectivity index (χ1) is 11.7. The fourth-order valence-electron chi connectivity index (χ4n) is 2.68. The first kappa shape index (κ1) is 16.6. The molecule has 1 aliphatic heterocycles. The Labute approximate surface area is 145 Å². The predicted molar refractivity (Wildman–Crippen MR) is 94.0 cm³/mol. The van der Waals surface area contributed by atoms with E-state index in [1.165, 1.54) is 0 Å². The van der Waals surface area contributed by atoms with Crippen LogP contribution in [0.25, 0.3) is 0 Å². The third-order valence-corrected chi connectivity index (χ3v) is 4.81. The van der Waals surface area contributed by atoms with Crippen LogP contribution in [0.2, 0.25) is 0 Å². The van der Waals surface area contributed by atoms with Crippen molar-refractivity contribution < 1.29 is 14.3 Å². The van der Waals surface area contributed by atoms with Gasteiger partial charge in [0.15, 0.2) is 11.7 Å². The van der Waals surface area contributed by atoms with E-state index in [9.17, 15) is 4.79 Å². The molecule has 7 heteroatoms. The van der Waals surface area contributed by atoms with Gasteiger partial charge in [-0.05, 0) is 37.1 Å². The lowest BCUT2D eigenvalue weighted by Crippen LogP contribution is -2.46. The van der Waals surface area contributed by atoms with Gasteiger partial charge < -0.3 is 19.7 Å². The van der Waals surface area contributed by atoms with Crippen LogP contribution < -0.4 is 19.7 Å². The van der Waals surface area contributed by atoms with Crippen LogP contribution in [0.15, 0.2) is 35.8 Å². The second-order valence-electron chi connectivity index (χ2n) is 5.61. The van der Waals surface area contributed by atoms with E-state index in [1.54, 1.807) is 30.6 Å². The van der Waals surface area contributed by atoms with Crippen LogP contribution in [0.3, 0.4) is 0 Å². The highest BCUT2D eigenvalue weighted by atomic mass is 32.1. The van der Waals surface area contributed by atoms with E-state index in [4.69, 9.17) is 9.47 Å². The molecule has 0 bridgehead atoms. The number of benzene rings is 1. The average Bonchev–Trinajstić information content (AvgIpc) is 3.16. The van der Waals surface area contributed by atoms with E-state index in [0.717, 1.165) is 36.8 Å². The number of nitrogens with zero attached hydrogens (tertiary/aromatic N) is 2. The molecule has 0 radical (unpaired) electrons. The molecule has 0 spiro atoms. The fraction of sp³-hybridized carbons (Fsp3) is 0.412. The zero-order valence-electron chi connectivity index (χ0n) is 13.6. The molecule has 1 aliphatic rings. The number of rotatable bonds is 6. The number of carbonyl (C=O) groups excluding carboxylic acids is 1. The van der Waals surface area contributed by atoms with Crippen molar-refractivity contribution in [2.24, 2.45) is 0 Å². The van der Waals surface area contributed by atoms with Gasteiger partial charge in [-0.15, -0.1) is 11.3 Å². The van der Waals surface area contributed by atoms with Crippen molar-refractivity contribution in [2.75, 3.05) is 31.7 Å². The number of ether oxygens (including phenoxy) is 2. The number of thiazole rings is 1. The van der Waals surface area contributed by atoms with Crippen LogP contribution >= 0.6 is 11.3 Å². The summed E-state index contributed by atoms with van der Waals surface area (Å²) in [7, 11) is 1.61. The number of anilines is 1. The first-order valence-corrected chi connectivity index (χ1v) is 8.83. The van der Waals surface area contributed by atoms with E-state index in [-0.39, 0.29) is 18.6 Å². The fourth-order valence-corrected chi connectivity index (χ4v) is 3.37. The molecule has 1 saturated heterocycles. The Balaban J connectivity index is 1.39. The summed E-state index contributed by atoms with van der Waals surface area (Å²) in [5, 5.41) is 6.09. The van der Waals surface area contributed by atoms with E-state index >= 15 is 0 Å². The van der Waals surface area contributed by atoms with Crippen LogP contribution in [-0.2, 0) is 4.79 Å². The van der Waals surface area contributed by atoms with Crippen LogP contribution in [0.5, 0.6) is 11.5 Å². The van der Waals surface area contributed by atoms with Gasteiger partial charge in [0.25, 0.3) is 5.91 Å². The largest absolute Gasteiger partial charge is 0.497 e. The Morgan fingerprint density at radius 3 is 2.62 bits per heavy atom. The summed E-state index contributed by atoms with van der Waals surface area (Å²) in [6, 6.07) is 7.40. The molecule has 6 nitrogen and oxygen atoms in total. The van der Waals surface area contributed by atoms with Gasteiger partial charge >= 0.3 is 0 Å². The Hall–Kier alpha value is -2.28. The summed E-state index contributed by atoms with van der Waals surface area (Å²) >= 11 is 1.65. The smallest absolute Gasteiger partial charge is 0.258 e. The van der Waals surface area contributed by atoms with Gasteiger partial charge in [0.05, 0.1) is 7.11 Å². The summed E-state index contributed by atoms with van der Waals surface area (Å²) in [5.74, 6) is 1.34. The quantitative estimate of drug-likeness (QED) is 0.869. The van der Waals surface area contributed by atoms with Gasteiger partial charge in [0.1, 0.15) is 11.5 Å². The first-order valence-electron chi connectivity index (χ1n) is 7.95. The molecule has 0 saturated carbocycles. The molecule has 128 valence electrons. The molecule has 1 aromatic heterocycles. The number of amides is 1. The summed E-state index contributed by atoms with van der Waals surface area (Å²) in [6.07, 6.45) is 3.67. The zero-order chi connectivity index (χ0) is 16.8. The zero-order valence-corrected chi connectivity index (χ0v) is 14.4. The van der Waals surface area contributed by atoms with Crippen LogP contribution in [0.4, 0.5) is 5.13 Å². The molecule has 1 aromatic carbocycles.